The molecule has 2 atom stereocenters. The maximum Gasteiger partial charge on any atom is 0.256 e. The molecular formula is C30H36B2F5N7. The van der Waals surface area contributed by atoms with Gasteiger partial charge in [0, 0.05) is 18.2 Å². The Morgan fingerprint density at radius 3 is 2.41 bits per heavy atom. The summed E-state index contributed by atoms with van der Waals surface area (Å²) in [5, 5.41) is 2.81. The van der Waals surface area contributed by atoms with Crippen molar-refractivity contribution in [2.24, 2.45) is 0 Å². The van der Waals surface area contributed by atoms with E-state index in [1.54, 1.807) is 6.92 Å². The first-order valence-electron chi connectivity index (χ1n) is 15.0. The fraction of sp³-hybridized carbons (Fsp3) is 0.567. The highest BCUT2D eigenvalue weighted by Crippen LogP contribution is 2.43. The Kier molecular flexibility index (Phi) is 9.30. The molecule has 0 bridgehead atoms. The van der Waals surface area contributed by atoms with Crippen LogP contribution in [0, 0.1) is 18.6 Å². The summed E-state index contributed by atoms with van der Waals surface area (Å²) in [6.45, 7) is 6.13. The molecule has 1 aliphatic carbocycles. The summed E-state index contributed by atoms with van der Waals surface area (Å²) in [6.07, 6.45) is 4.17. The molecule has 1 saturated heterocycles. The molecule has 6 rings (SSSR count). The van der Waals surface area contributed by atoms with E-state index in [0.29, 0.717) is 18.7 Å². The number of likely N-dealkylation sites (tertiary alicyclic amines) is 1. The molecule has 2 aliphatic rings. The second kappa shape index (κ2) is 12.7. The summed E-state index contributed by atoms with van der Waals surface area (Å²) >= 11 is 0. The van der Waals surface area contributed by atoms with Crippen molar-refractivity contribution in [3.63, 3.8) is 0 Å². The highest BCUT2D eigenvalue weighted by atomic mass is 19.3. The van der Waals surface area contributed by atoms with Gasteiger partial charge in [-0.1, -0.05) is 25.5 Å². The lowest BCUT2D eigenvalue weighted by molar-refractivity contribution is 0.0620. The Morgan fingerprint density at radius 1 is 1.09 bits per heavy atom. The smallest absolute Gasteiger partial charge is 0.256 e. The summed E-state index contributed by atoms with van der Waals surface area (Å²) < 4.78 is 71.8. The molecular weight excluding hydrogens is 575 g/mol. The summed E-state index contributed by atoms with van der Waals surface area (Å²) in [6, 6.07) is 3.27. The number of benzene rings is 1. The summed E-state index contributed by atoms with van der Waals surface area (Å²) in [5.41, 5.74) is 6.48. The van der Waals surface area contributed by atoms with Gasteiger partial charge in [0.1, 0.15) is 17.5 Å². The van der Waals surface area contributed by atoms with Crippen molar-refractivity contribution >= 4 is 38.2 Å². The van der Waals surface area contributed by atoms with Crippen LogP contribution >= 0.6 is 0 Å². The number of alkyl halides is 3. The average Bonchev–Trinajstić information content (AvgIpc) is 3.38. The van der Waals surface area contributed by atoms with E-state index in [2.05, 4.69) is 20.0 Å². The average molecular weight is 611 g/mol. The van der Waals surface area contributed by atoms with E-state index in [1.807, 2.05) is 6.92 Å². The first-order valence-corrected chi connectivity index (χ1v) is 15.0. The Morgan fingerprint density at radius 2 is 1.82 bits per heavy atom. The highest BCUT2D eigenvalue weighted by molar-refractivity contribution is 6.40. The van der Waals surface area contributed by atoms with Gasteiger partial charge in [0.15, 0.2) is 11.6 Å². The van der Waals surface area contributed by atoms with E-state index in [9.17, 15) is 17.6 Å². The van der Waals surface area contributed by atoms with Gasteiger partial charge in [0.2, 0.25) is 5.95 Å². The normalized spacial score (nSPS) is 18.9. The minimum absolute atomic E-state index is 0.0176. The quantitative estimate of drug-likeness (QED) is 0.202. The molecule has 0 spiro atoms. The van der Waals surface area contributed by atoms with E-state index >= 15 is 4.39 Å². The molecule has 1 aliphatic heterocycles. The van der Waals surface area contributed by atoms with Crippen molar-refractivity contribution in [1.82, 2.24) is 29.0 Å². The van der Waals surface area contributed by atoms with E-state index in [4.69, 9.17) is 21.4 Å². The molecule has 3 aromatic heterocycles. The van der Waals surface area contributed by atoms with Gasteiger partial charge in [-0.2, -0.15) is 0 Å². The molecule has 4 radical (unpaired) electrons. The Bertz CT molecular complexity index is 1630. The van der Waals surface area contributed by atoms with Crippen LogP contribution in [0.1, 0.15) is 69.8 Å². The summed E-state index contributed by atoms with van der Waals surface area (Å²) in [7, 11) is 12.3. The maximum absolute atomic E-state index is 15.3. The van der Waals surface area contributed by atoms with Gasteiger partial charge in [-0.25, -0.2) is 36.4 Å². The van der Waals surface area contributed by atoms with Crippen LogP contribution in [-0.4, -0.2) is 76.5 Å². The number of anilines is 1. The summed E-state index contributed by atoms with van der Waals surface area (Å²) in [4.78, 5) is 10.7. The van der Waals surface area contributed by atoms with Crippen molar-refractivity contribution in [3.8, 4) is 11.1 Å². The maximum atomic E-state index is 15.3. The van der Waals surface area contributed by atoms with Crippen LogP contribution < -0.4 is 5.73 Å². The van der Waals surface area contributed by atoms with Crippen LogP contribution in [0.5, 0.6) is 0 Å². The molecule has 14 heteroatoms. The van der Waals surface area contributed by atoms with Gasteiger partial charge in [-0.05, 0) is 69.2 Å². The number of nitrogen functional groups attached to an aromatic ring is 1. The largest absolute Gasteiger partial charge is 0.367 e. The zero-order valence-electron chi connectivity index (χ0n) is 25.2. The number of fused-ring (bicyclic) bond motifs is 2. The molecule has 1 unspecified atom stereocenters. The number of piperidine rings is 1. The van der Waals surface area contributed by atoms with Crippen LogP contribution in [0.2, 0.25) is 5.21 Å². The van der Waals surface area contributed by atoms with Crippen LogP contribution in [0.4, 0.5) is 27.9 Å². The number of hydrogen-bond donors (Lipinski definition) is 1. The van der Waals surface area contributed by atoms with Crippen molar-refractivity contribution in [2.75, 3.05) is 18.8 Å². The lowest BCUT2D eigenvalue weighted by Crippen LogP contribution is -2.46. The molecule has 4 heterocycles. The number of imidazole rings is 1. The third-order valence-corrected chi connectivity index (χ3v) is 8.71. The zero-order chi connectivity index (χ0) is 31.9. The molecule has 44 heavy (non-hydrogen) atoms. The summed E-state index contributed by atoms with van der Waals surface area (Å²) in [5.74, 6) is -1.94. The van der Waals surface area contributed by atoms with Gasteiger partial charge < -0.3 is 10.3 Å². The zero-order valence-corrected chi connectivity index (χ0v) is 25.2. The number of halogens is 5. The first kappa shape index (κ1) is 32.2. The Hall–Kier alpha value is -3.15. The molecule has 1 saturated carbocycles. The second-order valence-corrected chi connectivity index (χ2v) is 12.1. The minimum Gasteiger partial charge on any atom is -0.367 e. The van der Waals surface area contributed by atoms with Crippen molar-refractivity contribution in [2.45, 2.75) is 95.6 Å². The number of rotatable bonds is 7. The number of nitrogens with two attached hydrogens (primary N) is 1. The number of aryl methyl sites for hydroxylation is 1. The Labute approximate surface area is 256 Å². The van der Waals surface area contributed by atoms with Crippen LogP contribution in [-0.2, 0) is 6.54 Å². The molecule has 4 aromatic rings. The van der Waals surface area contributed by atoms with Gasteiger partial charge in [0.05, 0.1) is 45.2 Å². The number of aromatic nitrogens is 5. The van der Waals surface area contributed by atoms with Gasteiger partial charge in [-0.15, -0.1) is 5.10 Å². The predicted molar refractivity (Wildman–Crippen MR) is 163 cm³/mol. The van der Waals surface area contributed by atoms with Gasteiger partial charge in [0.25, 0.3) is 6.43 Å². The lowest BCUT2D eigenvalue weighted by Gasteiger charge is -2.40. The van der Waals surface area contributed by atoms with E-state index in [-0.39, 0.29) is 39.4 Å². The molecule has 2 fully saturated rings. The predicted octanol–water partition coefficient (Wildman–Crippen LogP) is 6.12. The lowest BCUT2D eigenvalue weighted by atomic mass is 9.48. The second-order valence-electron chi connectivity index (χ2n) is 12.1. The van der Waals surface area contributed by atoms with Crippen molar-refractivity contribution in [1.29, 1.82) is 0 Å². The molecule has 2 N–H and O–H groups in total. The first-order chi connectivity index (χ1) is 20.8. The monoisotopic (exact) mass is 611 g/mol. The fourth-order valence-corrected chi connectivity index (χ4v) is 6.39. The number of hydrogen-bond acceptors (Lipinski definition) is 5. The van der Waals surface area contributed by atoms with Crippen LogP contribution in [0.15, 0.2) is 18.3 Å². The SMILES string of the molecule is F[C@@H]1CCCN(C2CCC2)C1.[B]C([B])(C)C(CC)c1nc(N)nn2cc(F)c(-c3cc(F)c4nc(C)n(CC(F)F)c4c3)c12. The van der Waals surface area contributed by atoms with Crippen LogP contribution in [0.25, 0.3) is 27.7 Å². The molecule has 7 nitrogen and oxygen atoms in total. The fourth-order valence-electron chi connectivity index (χ4n) is 6.39. The molecule has 1 aromatic carbocycles. The third-order valence-electron chi connectivity index (χ3n) is 8.71. The minimum atomic E-state index is -2.68. The van der Waals surface area contributed by atoms with Gasteiger partial charge in [-0.3, -0.25) is 4.90 Å². The van der Waals surface area contributed by atoms with Crippen LogP contribution in [0.3, 0.4) is 0 Å². The van der Waals surface area contributed by atoms with E-state index < -0.39 is 41.9 Å². The molecule has 232 valence electrons. The topological polar surface area (TPSA) is 77.3 Å². The van der Waals surface area contributed by atoms with Crippen molar-refractivity contribution in [3.05, 3.63) is 41.5 Å². The van der Waals surface area contributed by atoms with E-state index in [1.165, 1.54) is 41.3 Å². The third kappa shape index (κ3) is 6.46. The van der Waals surface area contributed by atoms with Gasteiger partial charge >= 0.3 is 0 Å². The molecule has 0 amide bonds. The standard InChI is InChI=1S/C21H20B2F4N6.C9H16FN/c1-4-11(21(3,22)23)17-19-16(13(25)7-33(19)31-20(28)30-17)10-5-12(24)18-14(6-10)32(8-15(26)27)9(2)29-18;10-8-3-2-6-11(7-8)9-4-1-5-9/h5-7,11,15H,4,8H2,1-3H3,(H2,28,31);8-9H,1-7H2/t;8-/m.1/s1. The Balaban J connectivity index is 0.000000291. The van der Waals surface area contributed by atoms with Crippen molar-refractivity contribution < 1.29 is 22.0 Å². The number of nitrogens with zero attached hydrogens (tertiary/aromatic N) is 6. The highest BCUT2D eigenvalue weighted by Gasteiger charge is 2.31. The van der Waals surface area contributed by atoms with E-state index in [0.717, 1.165) is 37.7 Å².